The number of rotatable bonds is 7. The SMILES string of the molecule is O=C(Nc1ccc(S(=O)(=O)Nc2ccc(Cl)cc2Cl)cc1)c1ccc(CN2CCCC2)cc1. The van der Waals surface area contributed by atoms with Gasteiger partial charge in [-0.2, -0.15) is 0 Å². The van der Waals surface area contributed by atoms with Gasteiger partial charge in [0.05, 0.1) is 15.6 Å². The summed E-state index contributed by atoms with van der Waals surface area (Å²) in [6.45, 7) is 3.14. The molecule has 0 aromatic heterocycles. The molecule has 4 rings (SSSR count). The number of amides is 1. The van der Waals surface area contributed by atoms with Gasteiger partial charge in [0, 0.05) is 22.8 Å². The fraction of sp³-hybridized carbons (Fsp3) is 0.208. The monoisotopic (exact) mass is 503 g/mol. The lowest BCUT2D eigenvalue weighted by Crippen LogP contribution is -2.18. The van der Waals surface area contributed by atoms with Crippen LogP contribution < -0.4 is 10.0 Å². The van der Waals surface area contributed by atoms with E-state index in [4.69, 9.17) is 23.2 Å². The summed E-state index contributed by atoms with van der Waals surface area (Å²) in [5.41, 5.74) is 2.43. The standard InChI is InChI=1S/C24H23Cl2N3O3S/c25-19-7-12-23(22(26)15-19)28-33(31,32)21-10-8-20(9-11-21)27-24(30)18-5-3-17(4-6-18)16-29-13-1-2-14-29/h3-12,15,28H,1-2,13-14,16H2,(H,27,30). The zero-order valence-corrected chi connectivity index (χ0v) is 20.1. The molecule has 3 aromatic carbocycles. The molecule has 3 aromatic rings. The summed E-state index contributed by atoms with van der Waals surface area (Å²) in [5.74, 6) is -0.260. The molecular weight excluding hydrogens is 481 g/mol. The van der Waals surface area contributed by atoms with Crippen molar-refractivity contribution in [2.45, 2.75) is 24.3 Å². The van der Waals surface area contributed by atoms with E-state index in [0.29, 0.717) is 16.3 Å². The first-order valence-corrected chi connectivity index (χ1v) is 12.7. The Kier molecular flexibility index (Phi) is 7.24. The van der Waals surface area contributed by atoms with E-state index < -0.39 is 10.0 Å². The van der Waals surface area contributed by atoms with Crippen LogP contribution in [0.2, 0.25) is 10.0 Å². The lowest BCUT2D eigenvalue weighted by molar-refractivity contribution is 0.102. The fourth-order valence-electron chi connectivity index (χ4n) is 3.66. The lowest BCUT2D eigenvalue weighted by Gasteiger charge is -2.14. The van der Waals surface area contributed by atoms with Crippen LogP contribution >= 0.6 is 23.2 Å². The minimum Gasteiger partial charge on any atom is -0.322 e. The van der Waals surface area contributed by atoms with E-state index in [1.807, 2.05) is 12.1 Å². The zero-order chi connectivity index (χ0) is 23.4. The van der Waals surface area contributed by atoms with Crippen molar-refractivity contribution in [3.63, 3.8) is 0 Å². The Bertz CT molecular complexity index is 1240. The Morgan fingerprint density at radius 1 is 0.909 bits per heavy atom. The highest BCUT2D eigenvalue weighted by molar-refractivity contribution is 7.92. The summed E-state index contributed by atoms with van der Waals surface area (Å²) in [5, 5.41) is 3.40. The van der Waals surface area contributed by atoms with Crippen LogP contribution in [0.3, 0.4) is 0 Å². The van der Waals surface area contributed by atoms with Crippen LogP contribution in [0.15, 0.2) is 71.6 Å². The molecule has 0 aliphatic carbocycles. The summed E-state index contributed by atoms with van der Waals surface area (Å²) in [4.78, 5) is 15.0. The van der Waals surface area contributed by atoms with Crippen LogP contribution in [0, 0.1) is 0 Å². The second-order valence-electron chi connectivity index (χ2n) is 7.89. The average Bonchev–Trinajstić information content (AvgIpc) is 3.30. The van der Waals surface area contributed by atoms with Crippen molar-refractivity contribution in [2.24, 2.45) is 0 Å². The summed E-state index contributed by atoms with van der Waals surface area (Å²) in [7, 11) is -3.86. The maximum atomic E-state index is 12.7. The Morgan fingerprint density at radius 3 is 2.21 bits per heavy atom. The highest BCUT2D eigenvalue weighted by Crippen LogP contribution is 2.28. The second kappa shape index (κ2) is 10.1. The third-order valence-electron chi connectivity index (χ3n) is 5.42. The number of nitrogens with one attached hydrogen (secondary N) is 2. The number of carbonyl (C=O) groups excluding carboxylic acids is 1. The van der Waals surface area contributed by atoms with Gasteiger partial charge < -0.3 is 5.32 Å². The zero-order valence-electron chi connectivity index (χ0n) is 17.7. The van der Waals surface area contributed by atoms with Gasteiger partial charge in [-0.3, -0.25) is 14.4 Å². The molecule has 1 fully saturated rings. The number of anilines is 2. The number of sulfonamides is 1. The normalized spacial score (nSPS) is 14.2. The van der Waals surface area contributed by atoms with Crippen LogP contribution in [0.5, 0.6) is 0 Å². The van der Waals surface area contributed by atoms with Gasteiger partial charge in [-0.15, -0.1) is 0 Å². The molecule has 0 atom stereocenters. The quantitative estimate of drug-likeness (QED) is 0.437. The predicted octanol–water partition coefficient (Wildman–Crippen LogP) is 5.64. The number of hydrogen-bond acceptors (Lipinski definition) is 4. The molecule has 33 heavy (non-hydrogen) atoms. The minimum atomic E-state index is -3.86. The topological polar surface area (TPSA) is 78.5 Å². The molecule has 2 N–H and O–H groups in total. The van der Waals surface area contributed by atoms with Gasteiger partial charge in [0.15, 0.2) is 0 Å². The Morgan fingerprint density at radius 2 is 1.58 bits per heavy atom. The van der Waals surface area contributed by atoms with Crippen molar-refractivity contribution in [1.29, 1.82) is 0 Å². The molecule has 0 bridgehead atoms. The van der Waals surface area contributed by atoms with Gasteiger partial charge in [-0.05, 0) is 86.1 Å². The number of nitrogens with zero attached hydrogens (tertiary/aromatic N) is 1. The number of carbonyl (C=O) groups is 1. The van der Waals surface area contributed by atoms with Gasteiger partial charge in [-0.1, -0.05) is 35.3 Å². The van der Waals surface area contributed by atoms with E-state index in [9.17, 15) is 13.2 Å². The molecule has 6 nitrogen and oxygen atoms in total. The average molecular weight is 504 g/mol. The van der Waals surface area contributed by atoms with Gasteiger partial charge in [0.1, 0.15) is 0 Å². The van der Waals surface area contributed by atoms with Crippen LogP contribution in [0.1, 0.15) is 28.8 Å². The number of benzene rings is 3. The minimum absolute atomic E-state index is 0.0396. The van der Waals surface area contributed by atoms with E-state index in [0.717, 1.165) is 19.6 Å². The summed E-state index contributed by atoms with van der Waals surface area (Å²) in [6.07, 6.45) is 2.48. The maximum absolute atomic E-state index is 12.7. The van der Waals surface area contributed by atoms with Gasteiger partial charge in [0.2, 0.25) is 0 Å². The van der Waals surface area contributed by atoms with Crippen molar-refractivity contribution >= 4 is 50.5 Å². The first-order chi connectivity index (χ1) is 15.8. The number of likely N-dealkylation sites (tertiary alicyclic amines) is 1. The van der Waals surface area contributed by atoms with E-state index in [1.54, 1.807) is 18.2 Å². The molecule has 1 aliphatic rings. The third kappa shape index (κ3) is 6.06. The molecule has 1 heterocycles. The van der Waals surface area contributed by atoms with Crippen LogP contribution in [0.25, 0.3) is 0 Å². The molecule has 9 heteroatoms. The van der Waals surface area contributed by atoms with Crippen LogP contribution in [-0.2, 0) is 16.6 Å². The van der Waals surface area contributed by atoms with Gasteiger partial charge in [-0.25, -0.2) is 8.42 Å². The smallest absolute Gasteiger partial charge is 0.261 e. The molecule has 172 valence electrons. The predicted molar refractivity (Wildman–Crippen MR) is 133 cm³/mol. The van der Waals surface area contributed by atoms with Crippen molar-refractivity contribution in [1.82, 2.24) is 4.90 Å². The first kappa shape index (κ1) is 23.6. The van der Waals surface area contributed by atoms with Crippen LogP contribution in [0.4, 0.5) is 11.4 Å². The van der Waals surface area contributed by atoms with E-state index in [2.05, 4.69) is 14.9 Å². The van der Waals surface area contributed by atoms with E-state index in [-0.39, 0.29) is 21.5 Å². The molecule has 0 radical (unpaired) electrons. The van der Waals surface area contributed by atoms with Crippen molar-refractivity contribution in [3.8, 4) is 0 Å². The molecule has 0 saturated carbocycles. The molecule has 0 unspecified atom stereocenters. The van der Waals surface area contributed by atoms with Crippen molar-refractivity contribution in [2.75, 3.05) is 23.1 Å². The number of hydrogen-bond donors (Lipinski definition) is 2. The highest BCUT2D eigenvalue weighted by Gasteiger charge is 2.17. The van der Waals surface area contributed by atoms with Crippen molar-refractivity contribution in [3.05, 3.63) is 87.9 Å². The fourth-order valence-corrected chi connectivity index (χ4v) is 5.25. The van der Waals surface area contributed by atoms with E-state index in [1.165, 1.54) is 54.8 Å². The molecule has 1 saturated heterocycles. The maximum Gasteiger partial charge on any atom is 0.261 e. The van der Waals surface area contributed by atoms with Crippen LogP contribution in [-0.4, -0.2) is 32.3 Å². The number of halogens is 2. The molecule has 1 aliphatic heterocycles. The van der Waals surface area contributed by atoms with Gasteiger partial charge >= 0.3 is 0 Å². The summed E-state index contributed by atoms with van der Waals surface area (Å²) < 4.78 is 27.7. The lowest BCUT2D eigenvalue weighted by atomic mass is 10.1. The summed E-state index contributed by atoms with van der Waals surface area (Å²) >= 11 is 11.9. The molecular formula is C24H23Cl2N3O3S. The Balaban J connectivity index is 1.38. The summed E-state index contributed by atoms with van der Waals surface area (Å²) in [6, 6.07) is 18.0. The first-order valence-electron chi connectivity index (χ1n) is 10.5. The largest absolute Gasteiger partial charge is 0.322 e. The highest BCUT2D eigenvalue weighted by atomic mass is 35.5. The van der Waals surface area contributed by atoms with E-state index >= 15 is 0 Å². The van der Waals surface area contributed by atoms with Crippen molar-refractivity contribution < 1.29 is 13.2 Å². The third-order valence-corrected chi connectivity index (χ3v) is 7.35. The Hall–Kier alpha value is -2.58. The Labute approximate surface area is 203 Å². The second-order valence-corrected chi connectivity index (χ2v) is 10.4. The molecule has 1 amide bonds. The molecule has 0 spiro atoms. The van der Waals surface area contributed by atoms with Gasteiger partial charge in [0.25, 0.3) is 15.9 Å².